The monoisotopic (exact) mass is 239 g/mol. The summed E-state index contributed by atoms with van der Waals surface area (Å²) in [6.07, 6.45) is 4.22. The largest absolute Gasteiger partial charge is 0.472 e. The van der Waals surface area contributed by atoms with Gasteiger partial charge in [0.05, 0.1) is 13.2 Å². The number of rotatable bonds is 4. The van der Waals surface area contributed by atoms with Crippen LogP contribution in [0.25, 0.3) is 0 Å². The van der Waals surface area contributed by atoms with Crippen LogP contribution in [0.5, 0.6) is 0 Å². The van der Waals surface area contributed by atoms with Crippen LogP contribution in [0.2, 0.25) is 0 Å². The SMILES string of the molecule is C1CCNCC1.CCOP(=O)(O)OCC. The lowest BCUT2D eigenvalue weighted by Crippen LogP contribution is -2.21. The molecule has 0 aromatic rings. The fourth-order valence-electron chi connectivity index (χ4n) is 1.17. The van der Waals surface area contributed by atoms with Gasteiger partial charge in [0.2, 0.25) is 0 Å². The molecule has 6 heteroatoms. The summed E-state index contributed by atoms with van der Waals surface area (Å²) in [5.41, 5.74) is 0. The van der Waals surface area contributed by atoms with Crippen molar-refractivity contribution in [2.24, 2.45) is 0 Å². The van der Waals surface area contributed by atoms with E-state index in [-0.39, 0.29) is 13.2 Å². The molecule has 1 aliphatic rings. The van der Waals surface area contributed by atoms with Gasteiger partial charge in [-0.25, -0.2) is 4.57 Å². The molecule has 1 fully saturated rings. The second-order valence-electron chi connectivity index (χ2n) is 3.11. The minimum Gasteiger partial charge on any atom is -0.317 e. The third-order valence-corrected chi connectivity index (χ3v) is 2.96. The van der Waals surface area contributed by atoms with Gasteiger partial charge in [-0.15, -0.1) is 0 Å². The number of hydrogen-bond donors (Lipinski definition) is 2. The Hall–Kier alpha value is 0.0700. The van der Waals surface area contributed by atoms with E-state index in [1.165, 1.54) is 32.4 Å². The lowest BCUT2D eigenvalue weighted by atomic mass is 10.2. The van der Waals surface area contributed by atoms with Crippen molar-refractivity contribution in [3.05, 3.63) is 0 Å². The molecule has 1 heterocycles. The lowest BCUT2D eigenvalue weighted by Gasteiger charge is -2.08. The molecule has 2 N–H and O–H groups in total. The van der Waals surface area contributed by atoms with Crippen LogP contribution in [0, 0.1) is 0 Å². The Morgan fingerprint density at radius 2 is 1.60 bits per heavy atom. The molecule has 0 atom stereocenters. The van der Waals surface area contributed by atoms with Gasteiger partial charge in [0, 0.05) is 0 Å². The summed E-state index contributed by atoms with van der Waals surface area (Å²) in [6, 6.07) is 0. The van der Waals surface area contributed by atoms with E-state index in [1.54, 1.807) is 13.8 Å². The van der Waals surface area contributed by atoms with E-state index in [2.05, 4.69) is 14.4 Å². The maximum absolute atomic E-state index is 10.5. The molecular weight excluding hydrogens is 217 g/mol. The van der Waals surface area contributed by atoms with Gasteiger partial charge in [0.25, 0.3) is 0 Å². The summed E-state index contributed by atoms with van der Waals surface area (Å²) in [5.74, 6) is 0. The van der Waals surface area contributed by atoms with Crippen LogP contribution in [-0.4, -0.2) is 31.2 Å². The third kappa shape index (κ3) is 10.4. The van der Waals surface area contributed by atoms with Crippen molar-refractivity contribution in [1.29, 1.82) is 0 Å². The quantitative estimate of drug-likeness (QED) is 0.733. The van der Waals surface area contributed by atoms with Crippen LogP contribution < -0.4 is 5.32 Å². The number of hydrogen-bond acceptors (Lipinski definition) is 4. The van der Waals surface area contributed by atoms with E-state index in [4.69, 9.17) is 4.89 Å². The molecule has 0 amide bonds. The summed E-state index contributed by atoms with van der Waals surface area (Å²) in [5, 5.41) is 3.28. The number of piperidine rings is 1. The fourth-order valence-corrected chi connectivity index (χ4v) is 1.89. The summed E-state index contributed by atoms with van der Waals surface area (Å²) in [7, 11) is -3.69. The van der Waals surface area contributed by atoms with E-state index in [0.29, 0.717) is 0 Å². The fraction of sp³-hybridized carbons (Fsp3) is 1.00. The second kappa shape index (κ2) is 9.31. The molecule has 0 aromatic heterocycles. The number of phosphoric acid groups is 1. The molecular formula is C9H22NO4P. The van der Waals surface area contributed by atoms with Crippen molar-refractivity contribution in [3.8, 4) is 0 Å². The highest BCUT2D eigenvalue weighted by atomic mass is 31.2. The molecule has 1 rings (SSSR count). The van der Waals surface area contributed by atoms with E-state index in [0.717, 1.165) is 0 Å². The Kier molecular flexibility index (Phi) is 9.35. The standard InChI is InChI=1S/C5H11N.C4H11O4P/c1-2-4-6-5-3-1;1-3-7-9(5,6)8-4-2/h6H,1-5H2;3-4H2,1-2H3,(H,5,6). The molecule has 1 saturated heterocycles. The van der Waals surface area contributed by atoms with Gasteiger partial charge in [0.1, 0.15) is 0 Å². The predicted molar refractivity (Wildman–Crippen MR) is 59.8 cm³/mol. The summed E-state index contributed by atoms with van der Waals surface area (Å²) in [4.78, 5) is 8.63. The average Bonchev–Trinajstić information content (AvgIpc) is 2.21. The van der Waals surface area contributed by atoms with Crippen molar-refractivity contribution in [2.45, 2.75) is 33.1 Å². The zero-order valence-corrected chi connectivity index (χ0v) is 10.5. The van der Waals surface area contributed by atoms with Crippen molar-refractivity contribution < 1.29 is 18.5 Å². The van der Waals surface area contributed by atoms with Gasteiger partial charge >= 0.3 is 7.82 Å². The first-order chi connectivity index (χ1) is 7.12. The van der Waals surface area contributed by atoms with Crippen LogP contribution >= 0.6 is 7.82 Å². The molecule has 0 spiro atoms. The van der Waals surface area contributed by atoms with E-state index < -0.39 is 7.82 Å². The van der Waals surface area contributed by atoms with E-state index in [9.17, 15) is 4.57 Å². The summed E-state index contributed by atoms with van der Waals surface area (Å²) in [6.45, 7) is 6.13. The molecule has 0 aliphatic carbocycles. The molecule has 0 aromatic carbocycles. The Morgan fingerprint density at radius 1 is 1.13 bits per heavy atom. The van der Waals surface area contributed by atoms with Crippen molar-refractivity contribution in [2.75, 3.05) is 26.3 Å². The Labute approximate surface area is 91.8 Å². The molecule has 1 aliphatic heterocycles. The molecule has 0 radical (unpaired) electrons. The maximum atomic E-state index is 10.5. The Bertz CT molecular complexity index is 163. The maximum Gasteiger partial charge on any atom is 0.472 e. The highest BCUT2D eigenvalue weighted by Crippen LogP contribution is 2.42. The molecule has 0 bridgehead atoms. The van der Waals surface area contributed by atoms with Gasteiger partial charge in [0.15, 0.2) is 0 Å². The smallest absolute Gasteiger partial charge is 0.317 e. The average molecular weight is 239 g/mol. The molecule has 0 saturated carbocycles. The van der Waals surface area contributed by atoms with Gasteiger partial charge in [-0.3, -0.25) is 9.05 Å². The minimum absolute atomic E-state index is 0.188. The van der Waals surface area contributed by atoms with Gasteiger partial charge in [-0.05, 0) is 39.8 Å². The van der Waals surface area contributed by atoms with Crippen LogP contribution in [0.15, 0.2) is 0 Å². The molecule has 5 nitrogen and oxygen atoms in total. The minimum atomic E-state index is -3.69. The van der Waals surface area contributed by atoms with E-state index in [1.807, 2.05) is 0 Å². The molecule has 15 heavy (non-hydrogen) atoms. The Balaban J connectivity index is 0.000000280. The van der Waals surface area contributed by atoms with Gasteiger partial charge in [-0.2, -0.15) is 0 Å². The third-order valence-electron chi connectivity index (χ3n) is 1.79. The van der Waals surface area contributed by atoms with Crippen LogP contribution in [0.1, 0.15) is 33.1 Å². The zero-order chi connectivity index (χ0) is 11.6. The van der Waals surface area contributed by atoms with E-state index >= 15 is 0 Å². The topological polar surface area (TPSA) is 67.8 Å². The van der Waals surface area contributed by atoms with Gasteiger partial charge < -0.3 is 10.2 Å². The lowest BCUT2D eigenvalue weighted by molar-refractivity contribution is 0.161. The van der Waals surface area contributed by atoms with Crippen molar-refractivity contribution in [3.63, 3.8) is 0 Å². The normalized spacial score (nSPS) is 16.7. The zero-order valence-electron chi connectivity index (χ0n) is 9.57. The van der Waals surface area contributed by atoms with Crippen LogP contribution in [-0.2, 0) is 13.6 Å². The number of nitrogens with one attached hydrogen (secondary N) is 1. The second-order valence-corrected chi connectivity index (χ2v) is 4.57. The predicted octanol–water partition coefficient (Wildman–Crippen LogP) is 1.92. The Morgan fingerprint density at radius 3 is 1.80 bits per heavy atom. The summed E-state index contributed by atoms with van der Waals surface area (Å²) >= 11 is 0. The first kappa shape index (κ1) is 15.1. The highest BCUT2D eigenvalue weighted by Gasteiger charge is 2.17. The number of phosphoric ester groups is 1. The van der Waals surface area contributed by atoms with Crippen molar-refractivity contribution in [1.82, 2.24) is 5.32 Å². The highest BCUT2D eigenvalue weighted by molar-refractivity contribution is 7.47. The van der Waals surface area contributed by atoms with Crippen LogP contribution in [0.3, 0.4) is 0 Å². The first-order valence-corrected chi connectivity index (χ1v) is 6.94. The molecule has 0 unspecified atom stereocenters. The van der Waals surface area contributed by atoms with Crippen molar-refractivity contribution >= 4 is 7.82 Å². The summed E-state index contributed by atoms with van der Waals surface area (Å²) < 4.78 is 19.2. The molecule has 92 valence electrons. The van der Waals surface area contributed by atoms with Gasteiger partial charge in [-0.1, -0.05) is 6.42 Å². The van der Waals surface area contributed by atoms with Crippen LogP contribution in [0.4, 0.5) is 0 Å². The first-order valence-electron chi connectivity index (χ1n) is 5.45.